The first kappa shape index (κ1) is 17.1. The van der Waals surface area contributed by atoms with E-state index in [0.717, 1.165) is 12.1 Å². The number of nitro benzene ring substituents is 1. The maximum Gasteiger partial charge on any atom is 0.346 e. The molecule has 0 fully saturated rings. The van der Waals surface area contributed by atoms with Gasteiger partial charge in [0.25, 0.3) is 5.69 Å². The summed E-state index contributed by atoms with van der Waals surface area (Å²) in [5.41, 5.74) is 0.0689. The SMILES string of the molecule is CC(=O)Nc1ccc(F)c(C(=O)Oc2ccc([N+](=O)[O-])c(C)c2)c1. The molecule has 1 N–H and O–H groups in total. The lowest BCUT2D eigenvalue weighted by Crippen LogP contribution is -2.13. The molecule has 0 saturated carbocycles. The summed E-state index contributed by atoms with van der Waals surface area (Å²) in [6, 6.07) is 7.25. The number of nitrogens with one attached hydrogen (secondary N) is 1. The lowest BCUT2D eigenvalue weighted by atomic mass is 10.1. The minimum atomic E-state index is -0.979. The molecule has 0 atom stereocenters. The van der Waals surface area contributed by atoms with Crippen molar-refractivity contribution in [3.63, 3.8) is 0 Å². The smallest absolute Gasteiger partial charge is 0.346 e. The zero-order valence-electron chi connectivity index (χ0n) is 12.8. The van der Waals surface area contributed by atoms with Crippen LogP contribution in [0, 0.1) is 22.9 Å². The van der Waals surface area contributed by atoms with Gasteiger partial charge in [0.2, 0.25) is 5.91 Å². The van der Waals surface area contributed by atoms with Crippen molar-refractivity contribution in [1.29, 1.82) is 0 Å². The van der Waals surface area contributed by atoms with Gasteiger partial charge < -0.3 is 10.1 Å². The van der Waals surface area contributed by atoms with Crippen molar-refractivity contribution < 1.29 is 23.6 Å². The fourth-order valence-electron chi connectivity index (χ4n) is 2.02. The van der Waals surface area contributed by atoms with Crippen molar-refractivity contribution in [2.75, 3.05) is 5.32 Å². The van der Waals surface area contributed by atoms with Crippen LogP contribution in [-0.2, 0) is 4.79 Å². The zero-order chi connectivity index (χ0) is 17.9. The Bertz CT molecular complexity index is 835. The lowest BCUT2D eigenvalue weighted by molar-refractivity contribution is -0.385. The molecule has 7 nitrogen and oxygen atoms in total. The van der Waals surface area contributed by atoms with E-state index in [1.54, 1.807) is 0 Å². The normalized spacial score (nSPS) is 10.1. The Morgan fingerprint density at radius 1 is 1.21 bits per heavy atom. The van der Waals surface area contributed by atoms with E-state index in [4.69, 9.17) is 4.74 Å². The second kappa shape index (κ2) is 6.86. The van der Waals surface area contributed by atoms with Gasteiger partial charge in [0, 0.05) is 24.2 Å². The molecule has 0 aliphatic rings. The molecule has 8 heteroatoms. The highest BCUT2D eigenvalue weighted by Gasteiger charge is 2.17. The van der Waals surface area contributed by atoms with Crippen LogP contribution < -0.4 is 10.1 Å². The number of rotatable bonds is 4. The maximum absolute atomic E-state index is 13.8. The van der Waals surface area contributed by atoms with Gasteiger partial charge in [-0.25, -0.2) is 9.18 Å². The second-order valence-corrected chi connectivity index (χ2v) is 4.97. The van der Waals surface area contributed by atoms with Gasteiger partial charge >= 0.3 is 5.97 Å². The van der Waals surface area contributed by atoms with Gasteiger partial charge in [-0.05, 0) is 37.3 Å². The summed E-state index contributed by atoms with van der Waals surface area (Å²) in [6.07, 6.45) is 0. The molecule has 0 aromatic heterocycles. The average molecular weight is 332 g/mol. The van der Waals surface area contributed by atoms with Crippen LogP contribution in [0.1, 0.15) is 22.8 Å². The Hall–Kier alpha value is -3.29. The Kier molecular flexibility index (Phi) is 4.88. The minimum absolute atomic E-state index is 0.0485. The first-order valence-corrected chi connectivity index (χ1v) is 6.82. The number of nitro groups is 1. The van der Waals surface area contributed by atoms with Crippen molar-refractivity contribution in [2.24, 2.45) is 0 Å². The van der Waals surface area contributed by atoms with Gasteiger partial charge in [-0.3, -0.25) is 14.9 Å². The summed E-state index contributed by atoms with van der Waals surface area (Å²) in [7, 11) is 0. The van der Waals surface area contributed by atoms with Crippen molar-refractivity contribution in [3.05, 3.63) is 63.5 Å². The third-order valence-corrected chi connectivity index (χ3v) is 3.08. The molecule has 2 aromatic rings. The average Bonchev–Trinajstić information content (AvgIpc) is 2.48. The number of carbonyl (C=O) groups is 2. The first-order valence-electron chi connectivity index (χ1n) is 6.82. The number of benzene rings is 2. The van der Waals surface area contributed by atoms with Gasteiger partial charge in [0.15, 0.2) is 0 Å². The molecule has 2 rings (SSSR count). The number of amides is 1. The zero-order valence-corrected chi connectivity index (χ0v) is 12.8. The highest BCUT2D eigenvalue weighted by Crippen LogP contribution is 2.24. The van der Waals surface area contributed by atoms with E-state index in [0.29, 0.717) is 5.56 Å². The third-order valence-electron chi connectivity index (χ3n) is 3.08. The quantitative estimate of drug-likeness (QED) is 0.401. The summed E-state index contributed by atoms with van der Waals surface area (Å²) in [5.74, 6) is -2.11. The predicted molar refractivity (Wildman–Crippen MR) is 83.5 cm³/mol. The fourth-order valence-corrected chi connectivity index (χ4v) is 2.02. The molecule has 0 spiro atoms. The highest BCUT2D eigenvalue weighted by atomic mass is 19.1. The Morgan fingerprint density at radius 3 is 2.50 bits per heavy atom. The standard InChI is InChI=1S/C16H13FN2O5/c1-9-7-12(4-6-15(9)19(22)23)24-16(21)13-8-11(18-10(2)20)3-5-14(13)17/h3-8H,1-2H3,(H,18,20). The number of ether oxygens (including phenoxy) is 1. The number of esters is 1. The van der Waals surface area contributed by atoms with Crippen molar-refractivity contribution >= 4 is 23.3 Å². The summed E-state index contributed by atoms with van der Waals surface area (Å²) in [5, 5.41) is 13.2. The number of hydrogen-bond acceptors (Lipinski definition) is 5. The molecular formula is C16H13FN2O5. The number of anilines is 1. The number of halogens is 1. The van der Waals surface area contributed by atoms with Crippen LogP contribution in [0.3, 0.4) is 0 Å². The topological polar surface area (TPSA) is 98.5 Å². The third kappa shape index (κ3) is 3.92. The van der Waals surface area contributed by atoms with E-state index < -0.39 is 16.7 Å². The van der Waals surface area contributed by atoms with Crippen molar-refractivity contribution in [2.45, 2.75) is 13.8 Å². The molecule has 0 unspecified atom stereocenters. The largest absolute Gasteiger partial charge is 0.423 e. The number of nitrogens with zero attached hydrogens (tertiary/aromatic N) is 1. The number of aryl methyl sites for hydroxylation is 1. The van der Waals surface area contributed by atoms with Crippen LogP contribution >= 0.6 is 0 Å². The van der Waals surface area contributed by atoms with Crippen molar-refractivity contribution in [1.82, 2.24) is 0 Å². The maximum atomic E-state index is 13.8. The minimum Gasteiger partial charge on any atom is -0.423 e. The molecule has 0 saturated heterocycles. The highest BCUT2D eigenvalue weighted by molar-refractivity contribution is 5.94. The Balaban J connectivity index is 2.25. The van der Waals surface area contributed by atoms with E-state index >= 15 is 0 Å². The summed E-state index contributed by atoms with van der Waals surface area (Å²) in [4.78, 5) is 33.3. The van der Waals surface area contributed by atoms with Gasteiger partial charge in [0.05, 0.1) is 10.5 Å². The van der Waals surface area contributed by atoms with Crippen LogP contribution in [0.4, 0.5) is 15.8 Å². The second-order valence-electron chi connectivity index (χ2n) is 4.97. The number of carbonyl (C=O) groups excluding carboxylic acids is 2. The Labute approximate surface area is 136 Å². The molecule has 2 aromatic carbocycles. The molecule has 0 aliphatic heterocycles. The molecule has 0 aliphatic carbocycles. The Morgan fingerprint density at radius 2 is 1.92 bits per heavy atom. The molecule has 0 radical (unpaired) electrons. The summed E-state index contributed by atoms with van der Waals surface area (Å²) >= 11 is 0. The van der Waals surface area contributed by atoms with Gasteiger partial charge in [-0.1, -0.05) is 0 Å². The van der Waals surface area contributed by atoms with E-state index in [1.807, 2.05) is 0 Å². The molecule has 0 heterocycles. The molecular weight excluding hydrogens is 319 g/mol. The van der Waals surface area contributed by atoms with E-state index in [-0.39, 0.29) is 28.6 Å². The molecule has 124 valence electrons. The molecule has 1 amide bonds. The van der Waals surface area contributed by atoms with Gasteiger partial charge in [-0.15, -0.1) is 0 Å². The molecule has 0 bridgehead atoms. The molecule has 24 heavy (non-hydrogen) atoms. The van der Waals surface area contributed by atoms with Crippen LogP contribution in [0.25, 0.3) is 0 Å². The predicted octanol–water partition coefficient (Wildman–Crippen LogP) is 3.22. The summed E-state index contributed by atoms with van der Waals surface area (Å²) in [6.45, 7) is 2.77. The van der Waals surface area contributed by atoms with Crippen LogP contribution in [0.2, 0.25) is 0 Å². The van der Waals surface area contributed by atoms with Gasteiger partial charge in [0.1, 0.15) is 11.6 Å². The summed E-state index contributed by atoms with van der Waals surface area (Å²) < 4.78 is 18.8. The number of hydrogen-bond donors (Lipinski definition) is 1. The van der Waals surface area contributed by atoms with E-state index in [9.17, 15) is 24.1 Å². The van der Waals surface area contributed by atoms with Crippen molar-refractivity contribution in [3.8, 4) is 5.75 Å². The van der Waals surface area contributed by atoms with E-state index in [2.05, 4.69) is 5.32 Å². The monoisotopic (exact) mass is 332 g/mol. The fraction of sp³-hybridized carbons (Fsp3) is 0.125. The first-order chi connectivity index (χ1) is 11.3. The van der Waals surface area contributed by atoms with Gasteiger partial charge in [-0.2, -0.15) is 0 Å². The lowest BCUT2D eigenvalue weighted by Gasteiger charge is -2.08. The van der Waals surface area contributed by atoms with Crippen LogP contribution in [0.15, 0.2) is 36.4 Å². The van der Waals surface area contributed by atoms with Crippen LogP contribution in [0.5, 0.6) is 5.75 Å². The van der Waals surface area contributed by atoms with E-state index in [1.165, 1.54) is 38.1 Å². The van der Waals surface area contributed by atoms with Crippen LogP contribution in [-0.4, -0.2) is 16.8 Å².